The van der Waals surface area contributed by atoms with Crippen molar-refractivity contribution in [3.63, 3.8) is 0 Å². The molecule has 0 aliphatic heterocycles. The average Bonchev–Trinajstić information content (AvgIpc) is 3.36. The number of rotatable bonds is 5. The van der Waals surface area contributed by atoms with E-state index in [0.717, 1.165) is 46.6 Å². The van der Waals surface area contributed by atoms with Crippen LogP contribution in [0, 0.1) is 17.8 Å². The lowest BCUT2D eigenvalue weighted by Crippen LogP contribution is -2.18. The lowest BCUT2D eigenvalue weighted by molar-refractivity contribution is 0.428. The van der Waals surface area contributed by atoms with Crippen molar-refractivity contribution < 1.29 is 0 Å². The molecule has 0 bridgehead atoms. The van der Waals surface area contributed by atoms with Crippen molar-refractivity contribution in [2.24, 2.45) is 17.8 Å². The summed E-state index contributed by atoms with van der Waals surface area (Å²) in [5.41, 5.74) is 9.16. The molecule has 0 spiro atoms. The molecule has 2 fully saturated rings. The Hall–Kier alpha value is -1.77. The van der Waals surface area contributed by atoms with Gasteiger partial charge in [-0.2, -0.15) is 0 Å². The molecule has 0 atom stereocenters. The van der Waals surface area contributed by atoms with E-state index in [1.807, 2.05) is 18.3 Å². The van der Waals surface area contributed by atoms with Crippen LogP contribution < -0.4 is 11.1 Å². The Balaban J connectivity index is 1.54. The normalized spacial score (nSPS) is 18.6. The van der Waals surface area contributed by atoms with Crippen LogP contribution in [0.15, 0.2) is 30.5 Å². The summed E-state index contributed by atoms with van der Waals surface area (Å²) in [5, 5.41) is 4.64. The standard InChI is InChI=1S/C17H21N3/c18-17-13-2-1-9-19-15(13)7-8-16(17)20-10-14(11-3-4-11)12-5-6-12/h1-2,7-9,11-12,14,20H,3-6,10,18H2. The number of nitrogens with zero attached hydrogens (tertiary/aromatic N) is 1. The van der Waals surface area contributed by atoms with Gasteiger partial charge in [0.25, 0.3) is 0 Å². The molecule has 1 aromatic heterocycles. The first-order chi connectivity index (χ1) is 9.83. The number of nitrogens with two attached hydrogens (primary N) is 1. The van der Waals surface area contributed by atoms with Crippen LogP contribution in [-0.4, -0.2) is 11.5 Å². The second-order valence-corrected chi connectivity index (χ2v) is 6.32. The third-order valence-electron chi connectivity index (χ3n) is 4.81. The maximum atomic E-state index is 6.29. The highest BCUT2D eigenvalue weighted by Gasteiger charge is 2.41. The van der Waals surface area contributed by atoms with Gasteiger partial charge < -0.3 is 11.1 Å². The van der Waals surface area contributed by atoms with Gasteiger partial charge in [-0.1, -0.05) is 0 Å². The van der Waals surface area contributed by atoms with E-state index in [2.05, 4.69) is 22.4 Å². The number of anilines is 2. The Morgan fingerprint density at radius 1 is 1.15 bits per heavy atom. The molecule has 2 aliphatic rings. The molecule has 0 radical (unpaired) electrons. The van der Waals surface area contributed by atoms with Gasteiger partial charge in [0, 0.05) is 18.1 Å². The monoisotopic (exact) mass is 267 g/mol. The van der Waals surface area contributed by atoms with E-state index in [-0.39, 0.29) is 0 Å². The van der Waals surface area contributed by atoms with Gasteiger partial charge in [0.05, 0.1) is 16.9 Å². The maximum Gasteiger partial charge on any atom is 0.0724 e. The largest absolute Gasteiger partial charge is 0.397 e. The van der Waals surface area contributed by atoms with Gasteiger partial charge in [0.1, 0.15) is 0 Å². The minimum atomic E-state index is 0.834. The number of nitrogens with one attached hydrogen (secondary N) is 1. The molecule has 1 aromatic carbocycles. The van der Waals surface area contributed by atoms with Gasteiger partial charge in [0.2, 0.25) is 0 Å². The minimum Gasteiger partial charge on any atom is -0.397 e. The molecule has 4 rings (SSSR count). The molecule has 1 heterocycles. The van der Waals surface area contributed by atoms with Crippen molar-refractivity contribution >= 4 is 22.3 Å². The van der Waals surface area contributed by atoms with Gasteiger partial charge in [-0.05, 0) is 67.7 Å². The van der Waals surface area contributed by atoms with Crippen molar-refractivity contribution in [2.75, 3.05) is 17.6 Å². The second kappa shape index (κ2) is 4.65. The Morgan fingerprint density at radius 3 is 2.60 bits per heavy atom. The van der Waals surface area contributed by atoms with E-state index in [9.17, 15) is 0 Å². The summed E-state index contributed by atoms with van der Waals surface area (Å²) in [6.07, 6.45) is 7.53. The summed E-state index contributed by atoms with van der Waals surface area (Å²) >= 11 is 0. The van der Waals surface area contributed by atoms with Crippen LogP contribution in [0.25, 0.3) is 10.9 Å². The molecule has 3 heteroatoms. The summed E-state index contributed by atoms with van der Waals surface area (Å²) in [6.45, 7) is 1.07. The maximum absolute atomic E-state index is 6.29. The molecule has 20 heavy (non-hydrogen) atoms. The second-order valence-electron chi connectivity index (χ2n) is 6.32. The molecule has 2 aliphatic carbocycles. The van der Waals surface area contributed by atoms with Crippen molar-refractivity contribution in [2.45, 2.75) is 25.7 Å². The van der Waals surface area contributed by atoms with E-state index in [1.54, 1.807) is 0 Å². The summed E-state index contributed by atoms with van der Waals surface area (Å²) in [4.78, 5) is 4.35. The number of fused-ring (bicyclic) bond motifs is 1. The van der Waals surface area contributed by atoms with Gasteiger partial charge in [-0.25, -0.2) is 0 Å². The minimum absolute atomic E-state index is 0.834. The zero-order chi connectivity index (χ0) is 13.5. The van der Waals surface area contributed by atoms with Crippen molar-refractivity contribution in [1.29, 1.82) is 0 Å². The van der Waals surface area contributed by atoms with Crippen molar-refractivity contribution in [3.8, 4) is 0 Å². The van der Waals surface area contributed by atoms with Crippen LogP contribution in [0.2, 0.25) is 0 Å². The lowest BCUT2D eigenvalue weighted by Gasteiger charge is -2.18. The fraction of sp³-hybridized carbons (Fsp3) is 0.471. The first kappa shape index (κ1) is 12.0. The zero-order valence-corrected chi connectivity index (χ0v) is 11.7. The van der Waals surface area contributed by atoms with E-state index in [1.165, 1.54) is 25.7 Å². The van der Waals surface area contributed by atoms with Gasteiger partial charge in [-0.15, -0.1) is 0 Å². The molecular formula is C17H21N3. The summed E-state index contributed by atoms with van der Waals surface area (Å²) in [5.74, 6) is 2.80. The van der Waals surface area contributed by atoms with Crippen LogP contribution in [0.4, 0.5) is 11.4 Å². The fourth-order valence-corrected chi connectivity index (χ4v) is 3.32. The number of pyridine rings is 1. The van der Waals surface area contributed by atoms with E-state index in [4.69, 9.17) is 5.73 Å². The quantitative estimate of drug-likeness (QED) is 0.813. The lowest BCUT2D eigenvalue weighted by atomic mass is 9.98. The molecule has 0 unspecified atom stereocenters. The Morgan fingerprint density at radius 2 is 1.90 bits per heavy atom. The smallest absolute Gasteiger partial charge is 0.0724 e. The van der Waals surface area contributed by atoms with Crippen LogP contribution in [0.5, 0.6) is 0 Å². The number of hydrogen-bond acceptors (Lipinski definition) is 3. The number of aromatic nitrogens is 1. The Bertz CT molecular complexity index is 617. The Kier molecular flexibility index (Phi) is 2.79. The van der Waals surface area contributed by atoms with E-state index in [0.29, 0.717) is 0 Å². The van der Waals surface area contributed by atoms with Crippen LogP contribution >= 0.6 is 0 Å². The number of nitrogen functional groups attached to an aromatic ring is 1. The van der Waals surface area contributed by atoms with Crippen molar-refractivity contribution in [1.82, 2.24) is 4.98 Å². The van der Waals surface area contributed by atoms with Crippen LogP contribution in [-0.2, 0) is 0 Å². The van der Waals surface area contributed by atoms with E-state index < -0.39 is 0 Å². The zero-order valence-electron chi connectivity index (χ0n) is 11.7. The van der Waals surface area contributed by atoms with Crippen LogP contribution in [0.3, 0.4) is 0 Å². The van der Waals surface area contributed by atoms with Gasteiger partial charge in [-0.3, -0.25) is 4.98 Å². The molecule has 104 valence electrons. The average molecular weight is 267 g/mol. The summed E-state index contributed by atoms with van der Waals surface area (Å²) in [7, 11) is 0. The number of benzene rings is 1. The highest BCUT2D eigenvalue weighted by atomic mass is 14.9. The fourth-order valence-electron chi connectivity index (χ4n) is 3.32. The predicted octanol–water partition coefficient (Wildman–Crippen LogP) is 3.67. The highest BCUT2D eigenvalue weighted by molar-refractivity contribution is 5.96. The summed E-state index contributed by atoms with van der Waals surface area (Å²) in [6, 6.07) is 8.11. The van der Waals surface area contributed by atoms with Crippen molar-refractivity contribution in [3.05, 3.63) is 30.5 Å². The topological polar surface area (TPSA) is 50.9 Å². The third-order valence-corrected chi connectivity index (χ3v) is 4.81. The SMILES string of the molecule is Nc1c(NCC(C2CC2)C2CC2)ccc2ncccc12. The van der Waals surface area contributed by atoms with Gasteiger partial charge >= 0.3 is 0 Å². The van der Waals surface area contributed by atoms with E-state index >= 15 is 0 Å². The van der Waals surface area contributed by atoms with Gasteiger partial charge in [0.15, 0.2) is 0 Å². The Labute approximate surface area is 119 Å². The first-order valence-electron chi connectivity index (χ1n) is 7.70. The molecule has 3 N–H and O–H groups in total. The molecular weight excluding hydrogens is 246 g/mol. The molecule has 2 aromatic rings. The molecule has 3 nitrogen and oxygen atoms in total. The number of hydrogen-bond donors (Lipinski definition) is 2. The molecule has 0 amide bonds. The van der Waals surface area contributed by atoms with Crippen LogP contribution in [0.1, 0.15) is 25.7 Å². The third kappa shape index (κ3) is 2.21. The molecule has 2 saturated carbocycles. The molecule has 0 saturated heterocycles. The highest BCUT2D eigenvalue weighted by Crippen LogP contribution is 2.49. The summed E-state index contributed by atoms with van der Waals surface area (Å²) < 4.78 is 0. The first-order valence-corrected chi connectivity index (χ1v) is 7.70. The predicted molar refractivity (Wildman–Crippen MR) is 83.6 cm³/mol.